The molecule has 1 aliphatic heterocycles. The van der Waals surface area contributed by atoms with Crippen molar-refractivity contribution in [3.63, 3.8) is 0 Å². The Balaban J connectivity index is 1.63. The molecule has 4 heterocycles. The summed E-state index contributed by atoms with van der Waals surface area (Å²) in [6, 6.07) is 3.69. The summed E-state index contributed by atoms with van der Waals surface area (Å²) in [4.78, 5) is 28.2. The molecule has 3 aromatic heterocycles. The Labute approximate surface area is 145 Å². The molecule has 3 aromatic rings. The number of likely N-dealkylation sites (tertiary alicyclic amines) is 1. The van der Waals surface area contributed by atoms with Gasteiger partial charge in [-0.1, -0.05) is 5.16 Å². The van der Waals surface area contributed by atoms with Crippen LogP contribution in [0.15, 0.2) is 22.9 Å². The van der Waals surface area contributed by atoms with Crippen LogP contribution in [-0.4, -0.2) is 44.0 Å². The van der Waals surface area contributed by atoms with E-state index >= 15 is 0 Å². The average molecular weight is 337 g/mol. The SMILES string of the molecule is Cc1ccnc([C@H]2CCN(C(=O)c3cc(C)nc4onc(C)c34)C2)n1. The summed E-state index contributed by atoms with van der Waals surface area (Å²) in [6.07, 6.45) is 2.64. The van der Waals surface area contributed by atoms with Crippen LogP contribution in [0.3, 0.4) is 0 Å². The maximum absolute atomic E-state index is 13.1. The van der Waals surface area contributed by atoms with Crippen LogP contribution >= 0.6 is 0 Å². The third-order valence-corrected chi connectivity index (χ3v) is 4.63. The van der Waals surface area contributed by atoms with Crippen LogP contribution in [0.25, 0.3) is 11.1 Å². The van der Waals surface area contributed by atoms with E-state index in [4.69, 9.17) is 4.52 Å². The van der Waals surface area contributed by atoms with Crippen molar-refractivity contribution in [2.75, 3.05) is 13.1 Å². The number of carbonyl (C=O) groups is 1. The second-order valence-corrected chi connectivity index (χ2v) is 6.55. The first kappa shape index (κ1) is 15.7. The maximum atomic E-state index is 13.1. The van der Waals surface area contributed by atoms with Gasteiger partial charge in [0.2, 0.25) is 0 Å². The quantitative estimate of drug-likeness (QED) is 0.714. The highest BCUT2D eigenvalue weighted by molar-refractivity contribution is 6.06. The van der Waals surface area contributed by atoms with Crippen LogP contribution in [0.5, 0.6) is 0 Å². The van der Waals surface area contributed by atoms with Gasteiger partial charge in [-0.15, -0.1) is 0 Å². The number of aryl methyl sites for hydroxylation is 3. The first-order chi connectivity index (χ1) is 12.0. The largest absolute Gasteiger partial charge is 0.338 e. The third-order valence-electron chi connectivity index (χ3n) is 4.63. The number of amides is 1. The van der Waals surface area contributed by atoms with E-state index in [1.54, 1.807) is 6.20 Å². The van der Waals surface area contributed by atoms with Gasteiger partial charge in [-0.3, -0.25) is 4.79 Å². The minimum atomic E-state index is -0.0167. The lowest BCUT2D eigenvalue weighted by atomic mass is 10.1. The smallest absolute Gasteiger partial charge is 0.258 e. The summed E-state index contributed by atoms with van der Waals surface area (Å²) >= 11 is 0. The highest BCUT2D eigenvalue weighted by Gasteiger charge is 2.31. The summed E-state index contributed by atoms with van der Waals surface area (Å²) < 4.78 is 5.23. The number of nitrogens with zero attached hydrogens (tertiary/aromatic N) is 5. The number of hydrogen-bond acceptors (Lipinski definition) is 6. The Bertz CT molecular complexity index is 965. The minimum absolute atomic E-state index is 0.0167. The lowest BCUT2D eigenvalue weighted by molar-refractivity contribution is 0.0792. The zero-order valence-corrected chi connectivity index (χ0v) is 14.5. The van der Waals surface area contributed by atoms with Crippen molar-refractivity contribution in [3.8, 4) is 0 Å². The molecular weight excluding hydrogens is 318 g/mol. The molecule has 0 aromatic carbocycles. The van der Waals surface area contributed by atoms with Crippen LogP contribution in [0.4, 0.5) is 0 Å². The number of rotatable bonds is 2. The van der Waals surface area contributed by atoms with E-state index in [2.05, 4.69) is 20.1 Å². The lowest BCUT2D eigenvalue weighted by Gasteiger charge is -2.17. The van der Waals surface area contributed by atoms with Crippen molar-refractivity contribution in [1.29, 1.82) is 0 Å². The number of aromatic nitrogens is 4. The molecule has 0 unspecified atom stereocenters. The molecule has 1 aliphatic rings. The normalized spacial score (nSPS) is 17.4. The highest BCUT2D eigenvalue weighted by Crippen LogP contribution is 2.29. The van der Waals surface area contributed by atoms with Gasteiger partial charge in [0.25, 0.3) is 11.6 Å². The third kappa shape index (κ3) is 2.75. The predicted molar refractivity (Wildman–Crippen MR) is 91.3 cm³/mol. The molecule has 25 heavy (non-hydrogen) atoms. The molecule has 0 radical (unpaired) electrons. The molecule has 4 rings (SSSR count). The molecule has 7 nitrogen and oxygen atoms in total. The zero-order valence-electron chi connectivity index (χ0n) is 14.5. The van der Waals surface area contributed by atoms with Crippen LogP contribution in [0.1, 0.15) is 45.6 Å². The van der Waals surface area contributed by atoms with Crippen LogP contribution in [-0.2, 0) is 0 Å². The van der Waals surface area contributed by atoms with E-state index in [0.29, 0.717) is 35.4 Å². The molecule has 1 amide bonds. The molecular formula is C18H19N5O2. The fraction of sp³-hybridized carbons (Fsp3) is 0.389. The number of hydrogen-bond donors (Lipinski definition) is 0. The van der Waals surface area contributed by atoms with Gasteiger partial charge in [-0.2, -0.15) is 0 Å². The molecule has 0 spiro atoms. The van der Waals surface area contributed by atoms with E-state index in [-0.39, 0.29) is 11.8 Å². The number of pyridine rings is 1. The molecule has 1 fully saturated rings. The molecule has 1 saturated heterocycles. The second kappa shape index (κ2) is 5.91. The van der Waals surface area contributed by atoms with Crippen molar-refractivity contribution < 1.29 is 9.32 Å². The fourth-order valence-corrected chi connectivity index (χ4v) is 3.38. The van der Waals surface area contributed by atoms with Gasteiger partial charge in [0, 0.05) is 36.6 Å². The van der Waals surface area contributed by atoms with E-state index in [9.17, 15) is 4.79 Å². The van der Waals surface area contributed by atoms with Crippen molar-refractivity contribution in [2.24, 2.45) is 0 Å². The lowest BCUT2D eigenvalue weighted by Crippen LogP contribution is -2.29. The maximum Gasteiger partial charge on any atom is 0.258 e. The molecule has 7 heteroatoms. The minimum Gasteiger partial charge on any atom is -0.338 e. The van der Waals surface area contributed by atoms with Gasteiger partial charge in [0.05, 0.1) is 16.6 Å². The van der Waals surface area contributed by atoms with Crippen LogP contribution in [0.2, 0.25) is 0 Å². The molecule has 128 valence electrons. The first-order valence-electron chi connectivity index (χ1n) is 8.35. The molecule has 0 bridgehead atoms. The summed E-state index contributed by atoms with van der Waals surface area (Å²) in [6.45, 7) is 6.94. The fourth-order valence-electron chi connectivity index (χ4n) is 3.38. The molecule has 0 N–H and O–H groups in total. The van der Waals surface area contributed by atoms with Gasteiger partial charge < -0.3 is 9.42 Å². The van der Waals surface area contributed by atoms with Gasteiger partial charge in [-0.25, -0.2) is 15.0 Å². The number of fused-ring (bicyclic) bond motifs is 1. The summed E-state index contributed by atoms with van der Waals surface area (Å²) in [5.74, 6) is 0.968. The molecule has 0 saturated carbocycles. The first-order valence-corrected chi connectivity index (χ1v) is 8.35. The Kier molecular flexibility index (Phi) is 3.71. The topological polar surface area (TPSA) is 85.0 Å². The zero-order chi connectivity index (χ0) is 17.6. The average Bonchev–Trinajstić information content (AvgIpc) is 3.21. The van der Waals surface area contributed by atoms with Gasteiger partial charge in [-0.05, 0) is 39.3 Å². The van der Waals surface area contributed by atoms with Gasteiger partial charge in [0.15, 0.2) is 0 Å². The van der Waals surface area contributed by atoms with Crippen molar-refractivity contribution in [1.82, 2.24) is 25.0 Å². The predicted octanol–water partition coefficient (Wildman–Crippen LogP) is 2.57. The molecule has 1 atom stereocenters. The van der Waals surface area contributed by atoms with E-state index < -0.39 is 0 Å². The van der Waals surface area contributed by atoms with E-state index in [1.807, 2.05) is 37.8 Å². The Morgan fingerprint density at radius 1 is 1.24 bits per heavy atom. The van der Waals surface area contributed by atoms with Crippen molar-refractivity contribution >= 4 is 17.0 Å². The summed E-state index contributed by atoms with van der Waals surface area (Å²) in [5.41, 5.74) is 3.39. The van der Waals surface area contributed by atoms with Crippen LogP contribution in [0, 0.1) is 20.8 Å². The summed E-state index contributed by atoms with van der Waals surface area (Å²) in [7, 11) is 0. The van der Waals surface area contributed by atoms with Crippen molar-refractivity contribution in [3.05, 3.63) is 46.8 Å². The second-order valence-electron chi connectivity index (χ2n) is 6.55. The molecule has 0 aliphatic carbocycles. The van der Waals surface area contributed by atoms with Gasteiger partial charge >= 0.3 is 0 Å². The standard InChI is InChI=1S/C18H19N5O2/c1-10-4-6-19-16(20-10)13-5-7-23(9-13)18(24)14-8-11(2)21-17-15(14)12(3)22-25-17/h4,6,8,13H,5,7,9H2,1-3H3/t13-/m0/s1. The number of carbonyl (C=O) groups excluding carboxylic acids is 1. The monoisotopic (exact) mass is 337 g/mol. The van der Waals surface area contributed by atoms with E-state index in [0.717, 1.165) is 23.6 Å². The van der Waals surface area contributed by atoms with E-state index in [1.165, 1.54) is 0 Å². The highest BCUT2D eigenvalue weighted by atomic mass is 16.5. The Morgan fingerprint density at radius 2 is 2.08 bits per heavy atom. The van der Waals surface area contributed by atoms with Gasteiger partial charge in [0.1, 0.15) is 5.82 Å². The Hall–Kier alpha value is -2.83. The van der Waals surface area contributed by atoms with Crippen LogP contribution < -0.4 is 0 Å². The summed E-state index contributed by atoms with van der Waals surface area (Å²) in [5, 5.41) is 4.65. The van der Waals surface area contributed by atoms with Crippen molar-refractivity contribution in [2.45, 2.75) is 33.1 Å². The Morgan fingerprint density at radius 3 is 2.88 bits per heavy atom.